The Balaban J connectivity index is 0.00000338. The first kappa shape index (κ1) is 23.0. The fraction of sp³-hybridized carbons (Fsp3) is 0.632. The highest BCUT2D eigenvalue weighted by Gasteiger charge is 2.15. The number of aryl methyl sites for hydroxylation is 1. The maximum Gasteiger partial charge on any atom is 0.191 e. The second kappa shape index (κ2) is 14.1. The van der Waals surface area contributed by atoms with Gasteiger partial charge >= 0.3 is 0 Å². The molecule has 7 heteroatoms. The molecule has 0 saturated carbocycles. The molecule has 1 aliphatic heterocycles. The summed E-state index contributed by atoms with van der Waals surface area (Å²) in [6.07, 6.45) is 2.08. The smallest absolute Gasteiger partial charge is 0.191 e. The Bertz CT molecular complexity index is 523. The molecule has 0 amide bonds. The second-order valence-corrected chi connectivity index (χ2v) is 6.25. The van der Waals surface area contributed by atoms with Crippen molar-refractivity contribution in [2.75, 3.05) is 53.2 Å². The van der Waals surface area contributed by atoms with Crippen LogP contribution in [0.1, 0.15) is 18.4 Å². The molecule has 1 unspecified atom stereocenters. The van der Waals surface area contributed by atoms with Crippen LogP contribution in [0.3, 0.4) is 0 Å². The Kier molecular flexibility index (Phi) is 12.4. The zero-order valence-corrected chi connectivity index (χ0v) is 18.2. The molecular weight excluding hydrogens is 445 g/mol. The zero-order chi connectivity index (χ0) is 17.7. The Hall–Kier alpha value is -1.06. The molecule has 0 bridgehead atoms. The molecule has 2 rings (SSSR count). The van der Waals surface area contributed by atoms with Crippen molar-refractivity contribution in [3.63, 3.8) is 0 Å². The van der Waals surface area contributed by atoms with E-state index in [0.717, 1.165) is 57.5 Å². The van der Waals surface area contributed by atoms with E-state index in [2.05, 4.69) is 28.6 Å². The third-order valence-corrected chi connectivity index (χ3v) is 4.01. The van der Waals surface area contributed by atoms with Crippen LogP contribution in [-0.2, 0) is 9.47 Å². The fourth-order valence-electron chi connectivity index (χ4n) is 2.61. The highest BCUT2D eigenvalue weighted by molar-refractivity contribution is 14.0. The summed E-state index contributed by atoms with van der Waals surface area (Å²) in [5, 5.41) is 6.53. The summed E-state index contributed by atoms with van der Waals surface area (Å²) in [6, 6.07) is 8.06. The quantitative estimate of drug-likeness (QED) is 0.235. The van der Waals surface area contributed by atoms with Crippen LogP contribution >= 0.6 is 24.0 Å². The van der Waals surface area contributed by atoms with Gasteiger partial charge in [-0.1, -0.05) is 12.1 Å². The topological polar surface area (TPSA) is 64.1 Å². The average molecular weight is 477 g/mol. The standard InChI is InChI=1S/C19H31N3O3.HI/c1-16-5-3-6-18(13-16)25-12-9-22-19(20-2)21-8-4-10-23-14-17-7-11-24-15-17;/h3,5-6,13,17H,4,7-12,14-15H2,1-2H3,(H2,20,21,22);1H. The predicted molar refractivity (Wildman–Crippen MR) is 116 cm³/mol. The second-order valence-electron chi connectivity index (χ2n) is 6.25. The van der Waals surface area contributed by atoms with Crippen LogP contribution in [-0.4, -0.2) is 59.1 Å². The van der Waals surface area contributed by atoms with Crippen molar-refractivity contribution in [3.05, 3.63) is 29.8 Å². The lowest BCUT2D eigenvalue weighted by Gasteiger charge is -2.13. The van der Waals surface area contributed by atoms with Crippen molar-refractivity contribution in [1.29, 1.82) is 0 Å². The normalized spacial score (nSPS) is 16.8. The molecule has 1 fully saturated rings. The van der Waals surface area contributed by atoms with Crippen molar-refractivity contribution >= 4 is 29.9 Å². The van der Waals surface area contributed by atoms with Gasteiger partial charge in [0.1, 0.15) is 12.4 Å². The predicted octanol–water partition coefficient (Wildman–Crippen LogP) is 2.60. The van der Waals surface area contributed by atoms with Crippen LogP contribution in [0.5, 0.6) is 5.75 Å². The molecule has 1 atom stereocenters. The van der Waals surface area contributed by atoms with Gasteiger partial charge in [-0.05, 0) is 37.5 Å². The largest absolute Gasteiger partial charge is 0.492 e. The van der Waals surface area contributed by atoms with Gasteiger partial charge < -0.3 is 24.8 Å². The summed E-state index contributed by atoms with van der Waals surface area (Å²) in [6.45, 7) is 7.48. The maximum atomic E-state index is 5.71. The molecule has 0 aliphatic carbocycles. The van der Waals surface area contributed by atoms with Crippen LogP contribution < -0.4 is 15.4 Å². The third kappa shape index (κ3) is 9.59. The van der Waals surface area contributed by atoms with Gasteiger partial charge in [0.15, 0.2) is 5.96 Å². The number of nitrogens with one attached hydrogen (secondary N) is 2. The number of halogens is 1. The Morgan fingerprint density at radius 1 is 1.27 bits per heavy atom. The Morgan fingerprint density at radius 3 is 2.85 bits per heavy atom. The van der Waals surface area contributed by atoms with Gasteiger partial charge in [0.05, 0.1) is 19.8 Å². The van der Waals surface area contributed by atoms with E-state index in [-0.39, 0.29) is 24.0 Å². The van der Waals surface area contributed by atoms with E-state index in [1.54, 1.807) is 7.05 Å². The van der Waals surface area contributed by atoms with Crippen LogP contribution in [0.2, 0.25) is 0 Å². The number of benzene rings is 1. The van der Waals surface area contributed by atoms with Crippen molar-refractivity contribution < 1.29 is 14.2 Å². The molecular formula is C19H32IN3O3. The first-order valence-corrected chi connectivity index (χ1v) is 9.07. The summed E-state index contributed by atoms with van der Waals surface area (Å²) >= 11 is 0. The summed E-state index contributed by atoms with van der Waals surface area (Å²) in [5.41, 5.74) is 1.20. The van der Waals surface area contributed by atoms with Crippen molar-refractivity contribution in [3.8, 4) is 5.75 Å². The fourth-order valence-corrected chi connectivity index (χ4v) is 2.61. The molecule has 0 spiro atoms. The number of aliphatic imine (C=N–C) groups is 1. The molecule has 0 aromatic heterocycles. The molecule has 1 heterocycles. The molecule has 0 radical (unpaired) electrons. The summed E-state index contributed by atoms with van der Waals surface area (Å²) in [7, 11) is 1.77. The van der Waals surface area contributed by atoms with E-state index in [0.29, 0.717) is 19.1 Å². The molecule has 1 aliphatic rings. The zero-order valence-electron chi connectivity index (χ0n) is 15.8. The number of guanidine groups is 1. The monoisotopic (exact) mass is 477 g/mol. The average Bonchev–Trinajstić information content (AvgIpc) is 3.13. The van der Waals surface area contributed by atoms with E-state index in [1.807, 2.05) is 18.2 Å². The van der Waals surface area contributed by atoms with Crippen LogP contribution in [0.4, 0.5) is 0 Å². The minimum atomic E-state index is 0. The van der Waals surface area contributed by atoms with E-state index >= 15 is 0 Å². The highest BCUT2D eigenvalue weighted by atomic mass is 127. The lowest BCUT2D eigenvalue weighted by molar-refractivity contribution is 0.0888. The number of ether oxygens (including phenoxy) is 3. The van der Waals surface area contributed by atoms with Gasteiger partial charge in [-0.15, -0.1) is 24.0 Å². The lowest BCUT2D eigenvalue weighted by Crippen LogP contribution is -2.39. The van der Waals surface area contributed by atoms with Gasteiger partial charge in [-0.2, -0.15) is 0 Å². The molecule has 6 nitrogen and oxygen atoms in total. The minimum Gasteiger partial charge on any atom is -0.492 e. The first-order chi connectivity index (χ1) is 12.3. The number of nitrogens with zero attached hydrogens (tertiary/aromatic N) is 1. The van der Waals surface area contributed by atoms with Gasteiger partial charge in [-0.25, -0.2) is 0 Å². The van der Waals surface area contributed by atoms with E-state index in [9.17, 15) is 0 Å². The Labute approximate surface area is 174 Å². The molecule has 1 aromatic rings. The lowest BCUT2D eigenvalue weighted by atomic mass is 10.1. The molecule has 148 valence electrons. The molecule has 2 N–H and O–H groups in total. The first-order valence-electron chi connectivity index (χ1n) is 9.07. The number of hydrogen-bond donors (Lipinski definition) is 2. The van der Waals surface area contributed by atoms with Crippen LogP contribution in [0.15, 0.2) is 29.3 Å². The molecule has 1 saturated heterocycles. The van der Waals surface area contributed by atoms with Crippen molar-refractivity contribution in [2.45, 2.75) is 19.8 Å². The van der Waals surface area contributed by atoms with E-state index < -0.39 is 0 Å². The number of rotatable bonds is 10. The summed E-state index contributed by atoms with van der Waals surface area (Å²) in [4.78, 5) is 4.21. The summed E-state index contributed by atoms with van der Waals surface area (Å²) in [5.74, 6) is 2.27. The Morgan fingerprint density at radius 2 is 2.12 bits per heavy atom. The van der Waals surface area contributed by atoms with E-state index in [1.165, 1.54) is 5.56 Å². The maximum absolute atomic E-state index is 5.71. The minimum absolute atomic E-state index is 0. The van der Waals surface area contributed by atoms with Crippen molar-refractivity contribution in [1.82, 2.24) is 10.6 Å². The van der Waals surface area contributed by atoms with Gasteiger partial charge in [0.25, 0.3) is 0 Å². The SMILES string of the molecule is CN=C(NCCCOCC1CCOC1)NCCOc1cccc(C)c1.I. The van der Waals surface area contributed by atoms with Gasteiger partial charge in [0.2, 0.25) is 0 Å². The van der Waals surface area contributed by atoms with Gasteiger partial charge in [-0.3, -0.25) is 4.99 Å². The van der Waals surface area contributed by atoms with Gasteiger partial charge in [0, 0.05) is 32.7 Å². The molecule has 26 heavy (non-hydrogen) atoms. The number of hydrogen-bond acceptors (Lipinski definition) is 4. The van der Waals surface area contributed by atoms with Crippen molar-refractivity contribution in [2.24, 2.45) is 10.9 Å². The molecule has 1 aromatic carbocycles. The van der Waals surface area contributed by atoms with Crippen LogP contribution in [0, 0.1) is 12.8 Å². The highest BCUT2D eigenvalue weighted by Crippen LogP contribution is 2.12. The summed E-state index contributed by atoms with van der Waals surface area (Å²) < 4.78 is 16.7. The third-order valence-electron chi connectivity index (χ3n) is 4.01. The van der Waals surface area contributed by atoms with E-state index in [4.69, 9.17) is 14.2 Å². The van der Waals surface area contributed by atoms with Crippen LogP contribution in [0.25, 0.3) is 0 Å².